The number of fused-ring (bicyclic) bond motifs is 1. The summed E-state index contributed by atoms with van der Waals surface area (Å²) < 4.78 is 30.7. The first-order chi connectivity index (χ1) is 13.6. The highest BCUT2D eigenvalue weighted by Gasteiger charge is 2.23. The molecule has 3 rings (SSSR count). The summed E-state index contributed by atoms with van der Waals surface area (Å²) in [4.78, 5) is 24.0. The molecule has 2 aromatic carbocycles. The van der Waals surface area contributed by atoms with Crippen LogP contribution in [0.5, 0.6) is 0 Å². The number of aromatic carboxylic acids is 1. The maximum Gasteiger partial charge on any atom is 0.337 e. The van der Waals surface area contributed by atoms with Crippen LogP contribution in [0.2, 0.25) is 0 Å². The van der Waals surface area contributed by atoms with Crippen molar-refractivity contribution in [1.82, 2.24) is 9.46 Å². The van der Waals surface area contributed by atoms with E-state index in [0.29, 0.717) is 0 Å². The number of carbonyl (C=O) groups is 2. The molecule has 0 saturated carbocycles. The number of nitrogens with zero attached hydrogens (tertiary/aromatic N) is 3. The van der Waals surface area contributed by atoms with Crippen molar-refractivity contribution in [3.8, 4) is 6.07 Å². The summed E-state index contributed by atoms with van der Waals surface area (Å²) in [5.74, 6) is -2.44. The van der Waals surface area contributed by atoms with E-state index in [1.807, 2.05) is 6.07 Å². The lowest BCUT2D eigenvalue weighted by molar-refractivity contribution is 0.0698. The molecule has 1 aromatic heterocycles. The van der Waals surface area contributed by atoms with Crippen LogP contribution in [-0.4, -0.2) is 49.0 Å². The van der Waals surface area contributed by atoms with E-state index in [9.17, 15) is 23.1 Å². The summed E-state index contributed by atoms with van der Waals surface area (Å²) in [6.07, 6.45) is 0. The third-order valence-corrected chi connectivity index (χ3v) is 5.87. The number of rotatable bonds is 5. The Bertz CT molecular complexity index is 1290. The summed E-state index contributed by atoms with van der Waals surface area (Å²) in [6, 6.07) is 9.56. The smallest absolute Gasteiger partial charge is 0.337 e. The van der Waals surface area contributed by atoms with Gasteiger partial charge in [-0.1, -0.05) is 5.16 Å². The molecule has 0 spiro atoms. The van der Waals surface area contributed by atoms with Crippen LogP contribution in [-0.2, 0) is 10.0 Å². The van der Waals surface area contributed by atoms with Crippen molar-refractivity contribution < 1.29 is 27.6 Å². The number of carboxylic acids is 1. The van der Waals surface area contributed by atoms with Gasteiger partial charge in [0.2, 0.25) is 15.8 Å². The third-order valence-electron chi connectivity index (χ3n) is 4.06. The first-order valence-corrected chi connectivity index (χ1v) is 9.50. The van der Waals surface area contributed by atoms with Gasteiger partial charge in [0.15, 0.2) is 0 Å². The van der Waals surface area contributed by atoms with Crippen LogP contribution in [0.4, 0.5) is 5.69 Å². The number of aromatic nitrogens is 1. The zero-order chi connectivity index (χ0) is 21.3. The second kappa shape index (κ2) is 7.34. The number of anilines is 1. The van der Waals surface area contributed by atoms with E-state index in [1.54, 1.807) is 0 Å². The minimum absolute atomic E-state index is 0.0527. The molecule has 1 heterocycles. The normalized spacial score (nSPS) is 11.4. The van der Waals surface area contributed by atoms with Gasteiger partial charge in [0.25, 0.3) is 5.91 Å². The maximum absolute atomic E-state index is 12.7. The highest BCUT2D eigenvalue weighted by Crippen LogP contribution is 2.25. The topological polar surface area (TPSA) is 154 Å². The molecular weight excluding hydrogens is 400 g/mol. The number of benzene rings is 2. The molecule has 0 aliphatic carbocycles. The average Bonchev–Trinajstić information content (AvgIpc) is 3.11. The lowest BCUT2D eigenvalue weighted by Gasteiger charge is -2.11. The standard InChI is InChI=1S/C18H14N4O6S/c1-22(2)29(26,27)11-4-6-15-12(8-11)16(28-21-15)17(23)20-14-5-3-10(9-19)7-13(14)18(24)25/h3-8H,1-2H3,(H,20,23)(H,24,25). The van der Waals surface area contributed by atoms with Gasteiger partial charge < -0.3 is 14.9 Å². The molecule has 0 radical (unpaired) electrons. The van der Waals surface area contributed by atoms with Crippen LogP contribution in [0.1, 0.15) is 26.5 Å². The van der Waals surface area contributed by atoms with E-state index >= 15 is 0 Å². The maximum atomic E-state index is 12.7. The van der Waals surface area contributed by atoms with Gasteiger partial charge in [-0.2, -0.15) is 5.26 Å². The Morgan fingerprint density at radius 1 is 1.21 bits per heavy atom. The van der Waals surface area contributed by atoms with E-state index in [-0.39, 0.29) is 38.4 Å². The molecule has 3 aromatic rings. The molecule has 10 nitrogen and oxygen atoms in total. The predicted octanol–water partition coefficient (Wildman–Crippen LogP) is 1.90. The fraction of sp³-hybridized carbons (Fsp3) is 0.111. The second-order valence-electron chi connectivity index (χ2n) is 6.11. The number of hydrogen-bond acceptors (Lipinski definition) is 7. The molecule has 0 saturated heterocycles. The van der Waals surface area contributed by atoms with Crippen LogP contribution in [0.25, 0.3) is 10.9 Å². The van der Waals surface area contributed by atoms with Crippen molar-refractivity contribution in [3.05, 3.63) is 53.3 Å². The monoisotopic (exact) mass is 414 g/mol. The number of carbonyl (C=O) groups excluding carboxylic acids is 1. The Kier molecular flexibility index (Phi) is 5.06. The van der Waals surface area contributed by atoms with Crippen molar-refractivity contribution >= 4 is 38.5 Å². The molecule has 11 heteroatoms. The highest BCUT2D eigenvalue weighted by molar-refractivity contribution is 7.89. The summed E-state index contributed by atoms with van der Waals surface area (Å²) in [5.41, 5.74) is 0.0374. The van der Waals surface area contributed by atoms with Gasteiger partial charge in [-0.25, -0.2) is 17.5 Å². The minimum Gasteiger partial charge on any atom is -0.478 e. The molecule has 0 unspecified atom stereocenters. The largest absolute Gasteiger partial charge is 0.478 e. The first kappa shape index (κ1) is 20.0. The Balaban J connectivity index is 2.03. The summed E-state index contributed by atoms with van der Waals surface area (Å²) in [7, 11) is -1.00. The molecule has 0 fully saturated rings. The van der Waals surface area contributed by atoms with Gasteiger partial charge in [0.1, 0.15) is 5.52 Å². The van der Waals surface area contributed by atoms with Gasteiger partial charge in [0, 0.05) is 14.1 Å². The first-order valence-electron chi connectivity index (χ1n) is 8.06. The van der Waals surface area contributed by atoms with Gasteiger partial charge in [-0.05, 0) is 36.4 Å². The van der Waals surface area contributed by atoms with Gasteiger partial charge >= 0.3 is 5.97 Å². The fourth-order valence-corrected chi connectivity index (χ4v) is 3.46. The third kappa shape index (κ3) is 3.66. The quantitative estimate of drug-likeness (QED) is 0.642. The number of nitriles is 1. The van der Waals surface area contributed by atoms with Crippen molar-refractivity contribution in [2.45, 2.75) is 4.90 Å². The van der Waals surface area contributed by atoms with Gasteiger partial charge in [-0.15, -0.1) is 0 Å². The zero-order valence-electron chi connectivity index (χ0n) is 15.2. The molecule has 2 N–H and O–H groups in total. The fourth-order valence-electron chi connectivity index (χ4n) is 2.53. The van der Waals surface area contributed by atoms with Crippen molar-refractivity contribution in [3.63, 3.8) is 0 Å². The van der Waals surface area contributed by atoms with Crippen LogP contribution in [0, 0.1) is 11.3 Å². The summed E-state index contributed by atoms with van der Waals surface area (Å²) in [5, 5.41) is 24.5. The Hall–Kier alpha value is -3.75. The van der Waals surface area contributed by atoms with Crippen LogP contribution < -0.4 is 5.32 Å². The van der Waals surface area contributed by atoms with E-state index in [4.69, 9.17) is 9.78 Å². The highest BCUT2D eigenvalue weighted by atomic mass is 32.2. The van der Waals surface area contributed by atoms with Crippen LogP contribution in [0.15, 0.2) is 45.8 Å². The van der Waals surface area contributed by atoms with Crippen LogP contribution >= 0.6 is 0 Å². The molecule has 148 valence electrons. The Morgan fingerprint density at radius 3 is 2.55 bits per heavy atom. The number of hydrogen-bond donors (Lipinski definition) is 2. The lowest BCUT2D eigenvalue weighted by atomic mass is 10.1. The Labute approximate surface area is 165 Å². The molecule has 0 aliphatic rings. The lowest BCUT2D eigenvalue weighted by Crippen LogP contribution is -2.22. The molecule has 0 aliphatic heterocycles. The van der Waals surface area contributed by atoms with E-state index in [1.165, 1.54) is 44.4 Å². The average molecular weight is 414 g/mol. The molecule has 1 amide bonds. The number of carboxylic acid groups (broad SMARTS) is 1. The van der Waals surface area contributed by atoms with E-state index in [2.05, 4.69) is 10.5 Å². The van der Waals surface area contributed by atoms with E-state index < -0.39 is 21.9 Å². The Morgan fingerprint density at radius 2 is 1.93 bits per heavy atom. The molecular formula is C18H14N4O6S. The number of amides is 1. The van der Waals surface area contributed by atoms with Crippen LogP contribution in [0.3, 0.4) is 0 Å². The number of nitrogens with one attached hydrogen (secondary N) is 1. The minimum atomic E-state index is -3.75. The SMILES string of the molecule is CN(C)S(=O)(=O)c1ccc2noc(C(=O)Nc3ccc(C#N)cc3C(=O)O)c2c1. The molecule has 0 atom stereocenters. The molecule has 29 heavy (non-hydrogen) atoms. The van der Waals surface area contributed by atoms with Gasteiger partial charge in [0.05, 0.1) is 33.2 Å². The second-order valence-corrected chi connectivity index (χ2v) is 8.26. The summed E-state index contributed by atoms with van der Waals surface area (Å²) >= 11 is 0. The van der Waals surface area contributed by atoms with Crippen molar-refractivity contribution in [2.24, 2.45) is 0 Å². The van der Waals surface area contributed by atoms with Crippen molar-refractivity contribution in [2.75, 3.05) is 19.4 Å². The zero-order valence-corrected chi connectivity index (χ0v) is 16.0. The van der Waals surface area contributed by atoms with Crippen molar-refractivity contribution in [1.29, 1.82) is 5.26 Å². The van der Waals surface area contributed by atoms with Gasteiger partial charge in [-0.3, -0.25) is 4.79 Å². The number of sulfonamides is 1. The summed E-state index contributed by atoms with van der Waals surface area (Å²) in [6.45, 7) is 0. The molecule has 0 bridgehead atoms. The van der Waals surface area contributed by atoms with E-state index in [0.717, 1.165) is 10.4 Å². The predicted molar refractivity (Wildman–Crippen MR) is 101 cm³/mol.